The number of carbonyl (C=O) groups excluding carboxylic acids is 1. The smallest absolute Gasteiger partial charge is 0.262 e. The highest BCUT2D eigenvalue weighted by molar-refractivity contribution is 6.30. The van der Waals surface area contributed by atoms with Gasteiger partial charge in [0.25, 0.3) is 5.56 Å². The highest BCUT2D eigenvalue weighted by atomic mass is 35.5. The van der Waals surface area contributed by atoms with Crippen LogP contribution in [0.5, 0.6) is 0 Å². The highest BCUT2D eigenvalue weighted by Crippen LogP contribution is 2.62. The molecule has 0 spiro atoms. The van der Waals surface area contributed by atoms with Crippen LogP contribution in [0.1, 0.15) is 38.5 Å². The van der Waals surface area contributed by atoms with Crippen LogP contribution in [-0.2, 0) is 11.3 Å². The van der Waals surface area contributed by atoms with Gasteiger partial charge < -0.3 is 15.0 Å². The number of rotatable bonds is 4. The molecular weight excluding hydrogens is 368 g/mol. The highest BCUT2D eigenvalue weighted by Gasteiger charge is 2.60. The zero-order valence-corrected chi connectivity index (χ0v) is 15.8. The molecule has 1 saturated heterocycles. The Kier molecular flexibility index (Phi) is 3.72. The van der Waals surface area contributed by atoms with Crippen LogP contribution in [0.3, 0.4) is 0 Å². The number of halogens is 1. The summed E-state index contributed by atoms with van der Waals surface area (Å²) in [5, 5.41) is 11.8. The Morgan fingerprint density at radius 1 is 1.30 bits per heavy atom. The summed E-state index contributed by atoms with van der Waals surface area (Å²) in [6.07, 6.45) is 6.81. The van der Waals surface area contributed by atoms with Crippen LogP contribution < -0.4 is 5.56 Å². The zero-order valence-electron chi connectivity index (χ0n) is 15.1. The van der Waals surface area contributed by atoms with Crippen molar-refractivity contribution in [1.29, 1.82) is 0 Å². The van der Waals surface area contributed by atoms with Gasteiger partial charge in [-0.25, -0.2) is 4.98 Å². The molecule has 8 heteroatoms. The van der Waals surface area contributed by atoms with Crippen LogP contribution in [0.25, 0.3) is 11.0 Å². The molecule has 0 unspecified atom stereocenters. The molecule has 1 aliphatic heterocycles. The van der Waals surface area contributed by atoms with Crippen molar-refractivity contribution in [1.82, 2.24) is 19.4 Å². The summed E-state index contributed by atoms with van der Waals surface area (Å²) in [5.74, 6) is 0.879. The lowest BCUT2D eigenvalue weighted by Crippen LogP contribution is -2.51. The summed E-state index contributed by atoms with van der Waals surface area (Å²) < 4.78 is 1.44. The second kappa shape index (κ2) is 5.82. The van der Waals surface area contributed by atoms with Gasteiger partial charge in [-0.3, -0.25) is 14.2 Å². The number of aromatic amines is 1. The average Bonchev–Trinajstić information content (AvgIpc) is 3.54. The third-order valence-corrected chi connectivity index (χ3v) is 6.80. The van der Waals surface area contributed by atoms with E-state index in [0.29, 0.717) is 48.0 Å². The van der Waals surface area contributed by atoms with E-state index in [4.69, 9.17) is 11.6 Å². The Morgan fingerprint density at radius 2 is 2.00 bits per heavy atom. The SMILES string of the molecule is O=C(N1CCC(O)(Cn2cnc3[nH]c(Cl)cc3c2=O)CC1)C1(C2CC2)CC1. The van der Waals surface area contributed by atoms with Crippen molar-refractivity contribution in [3.05, 3.63) is 27.9 Å². The molecule has 27 heavy (non-hydrogen) atoms. The first-order valence-corrected chi connectivity index (χ1v) is 10.0. The standard InChI is InChI=1S/C19H23ClN4O3/c20-14-9-13-15(22-14)21-11-24(16(13)25)10-18(27)5-7-23(8-6-18)17(26)19(3-4-19)12-1-2-12/h9,11-12,22,27H,1-8,10H2. The van der Waals surface area contributed by atoms with E-state index < -0.39 is 5.60 Å². The molecule has 3 heterocycles. The monoisotopic (exact) mass is 390 g/mol. The predicted octanol–water partition coefficient (Wildman–Crippen LogP) is 1.92. The number of hydrogen-bond acceptors (Lipinski definition) is 4. The predicted molar refractivity (Wildman–Crippen MR) is 101 cm³/mol. The maximum Gasteiger partial charge on any atom is 0.262 e. The van der Waals surface area contributed by atoms with Crippen LogP contribution in [0, 0.1) is 11.3 Å². The molecule has 2 aliphatic carbocycles. The largest absolute Gasteiger partial charge is 0.388 e. The Hall–Kier alpha value is -1.86. The van der Waals surface area contributed by atoms with Crippen molar-refractivity contribution < 1.29 is 9.90 Å². The van der Waals surface area contributed by atoms with Gasteiger partial charge in [-0.1, -0.05) is 11.6 Å². The van der Waals surface area contributed by atoms with Crippen molar-refractivity contribution in [2.45, 2.75) is 50.7 Å². The lowest BCUT2D eigenvalue weighted by Gasteiger charge is -2.39. The van der Waals surface area contributed by atoms with E-state index in [2.05, 4.69) is 9.97 Å². The number of aliphatic hydroxyl groups is 1. The third-order valence-electron chi connectivity index (χ3n) is 6.60. The van der Waals surface area contributed by atoms with Gasteiger partial charge in [-0.2, -0.15) is 0 Å². The normalized spacial score (nSPS) is 23.6. The van der Waals surface area contributed by atoms with Gasteiger partial charge in [0, 0.05) is 13.1 Å². The van der Waals surface area contributed by atoms with Crippen LogP contribution in [0.15, 0.2) is 17.2 Å². The number of likely N-dealkylation sites (tertiary alicyclic amines) is 1. The minimum atomic E-state index is -1.01. The van der Waals surface area contributed by atoms with E-state index in [1.165, 1.54) is 23.7 Å². The Morgan fingerprint density at radius 3 is 2.63 bits per heavy atom. The fraction of sp³-hybridized carbons (Fsp3) is 0.632. The first kappa shape index (κ1) is 17.3. The minimum Gasteiger partial charge on any atom is -0.388 e. The van der Waals surface area contributed by atoms with Gasteiger partial charge in [0.05, 0.1) is 29.3 Å². The topological polar surface area (TPSA) is 91.2 Å². The fourth-order valence-electron chi connectivity index (χ4n) is 4.61. The molecule has 1 amide bonds. The molecule has 2 N–H and O–H groups in total. The number of H-pyrrole nitrogens is 1. The van der Waals surface area contributed by atoms with Gasteiger partial charge in [0.1, 0.15) is 10.8 Å². The lowest BCUT2D eigenvalue weighted by atomic mass is 9.89. The molecule has 2 saturated carbocycles. The van der Waals surface area contributed by atoms with Crippen molar-refractivity contribution in [3.63, 3.8) is 0 Å². The molecule has 3 fully saturated rings. The number of amides is 1. The maximum absolute atomic E-state index is 12.9. The van der Waals surface area contributed by atoms with E-state index >= 15 is 0 Å². The van der Waals surface area contributed by atoms with Crippen molar-refractivity contribution in [2.75, 3.05) is 13.1 Å². The third kappa shape index (κ3) is 2.88. The van der Waals surface area contributed by atoms with Gasteiger partial charge >= 0.3 is 0 Å². The molecule has 0 radical (unpaired) electrons. The maximum atomic E-state index is 12.9. The second-order valence-corrected chi connectivity index (χ2v) is 8.91. The van der Waals surface area contributed by atoms with Gasteiger partial charge in [0.15, 0.2) is 0 Å². The molecule has 5 rings (SSSR count). The Bertz CT molecular complexity index is 965. The first-order chi connectivity index (χ1) is 12.9. The van der Waals surface area contributed by atoms with Crippen molar-refractivity contribution in [2.24, 2.45) is 11.3 Å². The molecular formula is C19H23ClN4O3. The summed E-state index contributed by atoms with van der Waals surface area (Å²) in [4.78, 5) is 34.5. The quantitative estimate of drug-likeness (QED) is 0.834. The second-order valence-electron chi connectivity index (χ2n) is 8.50. The molecule has 2 aromatic rings. The molecule has 0 atom stereocenters. The summed E-state index contributed by atoms with van der Waals surface area (Å²) in [6.45, 7) is 1.27. The number of aromatic nitrogens is 3. The average molecular weight is 391 g/mol. The number of nitrogens with one attached hydrogen (secondary N) is 1. The molecule has 2 aromatic heterocycles. The molecule has 7 nitrogen and oxygen atoms in total. The number of piperidine rings is 1. The lowest BCUT2D eigenvalue weighted by molar-refractivity contribution is -0.142. The number of fused-ring (bicyclic) bond motifs is 1. The van der Waals surface area contributed by atoms with Crippen LogP contribution in [-0.4, -0.2) is 49.1 Å². The van der Waals surface area contributed by atoms with Crippen LogP contribution in [0.4, 0.5) is 0 Å². The summed E-state index contributed by atoms with van der Waals surface area (Å²) in [7, 11) is 0. The molecule has 0 bridgehead atoms. The molecule has 0 aromatic carbocycles. The van der Waals surface area contributed by atoms with E-state index in [9.17, 15) is 14.7 Å². The van der Waals surface area contributed by atoms with E-state index in [-0.39, 0.29) is 23.4 Å². The van der Waals surface area contributed by atoms with E-state index in [0.717, 1.165) is 12.8 Å². The fourth-order valence-corrected chi connectivity index (χ4v) is 4.81. The number of hydrogen-bond donors (Lipinski definition) is 2. The van der Waals surface area contributed by atoms with Gasteiger partial charge in [-0.05, 0) is 50.5 Å². The minimum absolute atomic E-state index is 0.0745. The van der Waals surface area contributed by atoms with Crippen molar-refractivity contribution >= 4 is 28.5 Å². The van der Waals surface area contributed by atoms with Gasteiger partial charge in [0.2, 0.25) is 5.91 Å². The summed E-state index contributed by atoms with van der Waals surface area (Å²) >= 11 is 5.91. The van der Waals surface area contributed by atoms with Gasteiger partial charge in [-0.15, -0.1) is 0 Å². The Balaban J connectivity index is 1.29. The zero-order chi connectivity index (χ0) is 18.8. The van der Waals surface area contributed by atoms with E-state index in [1.54, 1.807) is 6.07 Å². The summed E-state index contributed by atoms with van der Waals surface area (Å²) in [6, 6.07) is 1.56. The molecule has 3 aliphatic rings. The molecule has 144 valence electrons. The van der Waals surface area contributed by atoms with Crippen molar-refractivity contribution in [3.8, 4) is 0 Å². The first-order valence-electron chi connectivity index (χ1n) is 9.66. The summed E-state index contributed by atoms with van der Waals surface area (Å²) in [5.41, 5.74) is -0.856. The van der Waals surface area contributed by atoms with Crippen LogP contribution in [0.2, 0.25) is 5.15 Å². The number of carbonyl (C=O) groups is 1. The van der Waals surface area contributed by atoms with E-state index in [1.807, 2.05) is 4.90 Å². The van der Waals surface area contributed by atoms with Crippen LogP contribution >= 0.6 is 11.6 Å². The Labute approximate surface area is 161 Å². The number of nitrogens with zero attached hydrogens (tertiary/aromatic N) is 3.